The molecule has 0 amide bonds. The van der Waals surface area contributed by atoms with Gasteiger partial charge in [-0.25, -0.2) is 0 Å². The van der Waals surface area contributed by atoms with Crippen LogP contribution in [0.2, 0.25) is 14.8 Å². The fourth-order valence-corrected chi connectivity index (χ4v) is 5.19. The summed E-state index contributed by atoms with van der Waals surface area (Å²) in [6.45, 7) is 0.0313. The Hall–Kier alpha value is -0.551. The van der Waals surface area contributed by atoms with E-state index in [4.69, 9.17) is 9.94 Å². The standard InChI is InChI=1S/C10H10NO2.3CH3.Sn/c12-7-9-6-10(11-13-9)8-4-2-1-3-5-8;;;;/h2-5,9,12H,6-7H2;3*1H3;. The van der Waals surface area contributed by atoms with E-state index in [1.807, 2.05) is 0 Å². The minimum atomic E-state index is -1.94. The molecule has 0 aromatic heterocycles. The van der Waals surface area contributed by atoms with Gasteiger partial charge < -0.3 is 0 Å². The van der Waals surface area contributed by atoms with E-state index < -0.39 is 18.4 Å². The average Bonchev–Trinajstić information content (AvgIpc) is 2.76. The monoisotopic (exact) mass is 341 g/mol. The van der Waals surface area contributed by atoms with Gasteiger partial charge in [-0.05, 0) is 0 Å². The van der Waals surface area contributed by atoms with E-state index in [2.05, 4.69) is 44.2 Å². The molecule has 1 atom stereocenters. The van der Waals surface area contributed by atoms with Crippen molar-refractivity contribution in [3.63, 3.8) is 0 Å². The molecule has 1 aliphatic rings. The van der Waals surface area contributed by atoms with Crippen molar-refractivity contribution >= 4 is 27.7 Å². The molecule has 0 bridgehead atoms. The molecule has 1 heterocycles. The zero-order valence-electron chi connectivity index (χ0n) is 10.6. The molecule has 0 radical (unpaired) electrons. The van der Waals surface area contributed by atoms with E-state index >= 15 is 0 Å². The zero-order valence-corrected chi connectivity index (χ0v) is 13.5. The van der Waals surface area contributed by atoms with E-state index in [1.165, 1.54) is 3.58 Å². The van der Waals surface area contributed by atoms with E-state index in [0.717, 1.165) is 11.3 Å². The van der Waals surface area contributed by atoms with Gasteiger partial charge in [0, 0.05) is 0 Å². The van der Waals surface area contributed by atoms with Crippen molar-refractivity contribution in [2.45, 2.75) is 27.3 Å². The molecule has 1 unspecified atom stereocenters. The first-order valence-electron chi connectivity index (χ1n) is 5.95. The van der Waals surface area contributed by atoms with Crippen LogP contribution in [-0.4, -0.2) is 41.9 Å². The van der Waals surface area contributed by atoms with Gasteiger partial charge in [-0.2, -0.15) is 0 Å². The van der Waals surface area contributed by atoms with Crippen LogP contribution in [0.15, 0.2) is 29.4 Å². The number of aliphatic hydroxyl groups excluding tert-OH is 1. The van der Waals surface area contributed by atoms with Gasteiger partial charge in [0.1, 0.15) is 0 Å². The number of hydrogen-bond acceptors (Lipinski definition) is 3. The summed E-state index contributed by atoms with van der Waals surface area (Å²) in [6.07, 6.45) is 0.542. The van der Waals surface area contributed by atoms with Gasteiger partial charge in [0.25, 0.3) is 0 Å². The molecule has 1 aromatic carbocycles. The van der Waals surface area contributed by atoms with Crippen LogP contribution in [0.5, 0.6) is 0 Å². The molecule has 0 saturated heterocycles. The van der Waals surface area contributed by atoms with Crippen LogP contribution in [-0.2, 0) is 4.84 Å². The SMILES string of the molecule is [CH3][Sn]([CH3])([CH3])[c]1ccc(C2=NOC(CO)C2)cc1. The van der Waals surface area contributed by atoms with Gasteiger partial charge in [-0.15, -0.1) is 0 Å². The summed E-state index contributed by atoms with van der Waals surface area (Å²) < 4.78 is 1.52. The second-order valence-electron chi connectivity index (χ2n) is 5.48. The summed E-state index contributed by atoms with van der Waals surface area (Å²) >= 11 is -1.94. The molecular formula is C13H19NO2Sn. The summed E-state index contributed by atoms with van der Waals surface area (Å²) in [5.74, 6) is 0. The quantitative estimate of drug-likeness (QED) is 0.852. The van der Waals surface area contributed by atoms with Crippen LogP contribution in [0, 0.1) is 0 Å². The molecular weight excluding hydrogens is 321 g/mol. The predicted molar refractivity (Wildman–Crippen MR) is 72.5 cm³/mol. The molecule has 1 aromatic rings. The molecule has 0 spiro atoms. The number of rotatable bonds is 3. The van der Waals surface area contributed by atoms with Crippen molar-refractivity contribution in [3.05, 3.63) is 29.8 Å². The third-order valence-corrected chi connectivity index (χ3v) is 8.92. The van der Waals surface area contributed by atoms with Crippen LogP contribution in [0.1, 0.15) is 12.0 Å². The number of hydrogen-bond donors (Lipinski definition) is 1. The maximum atomic E-state index is 8.99. The number of aliphatic hydroxyl groups is 1. The third-order valence-electron chi connectivity index (χ3n) is 3.02. The van der Waals surface area contributed by atoms with Gasteiger partial charge in [-0.1, -0.05) is 0 Å². The minimum absolute atomic E-state index is 0.0313. The molecule has 1 aliphatic heterocycles. The van der Waals surface area contributed by atoms with Crippen molar-refractivity contribution in [1.29, 1.82) is 0 Å². The van der Waals surface area contributed by atoms with Crippen molar-refractivity contribution < 1.29 is 9.94 Å². The number of nitrogens with zero attached hydrogens (tertiary/aromatic N) is 1. The summed E-state index contributed by atoms with van der Waals surface area (Å²) in [5, 5.41) is 13.0. The van der Waals surface area contributed by atoms with E-state index in [-0.39, 0.29) is 12.7 Å². The van der Waals surface area contributed by atoms with Gasteiger partial charge in [-0.3, -0.25) is 0 Å². The normalized spacial score (nSPS) is 20.0. The van der Waals surface area contributed by atoms with Crippen molar-refractivity contribution in [3.8, 4) is 0 Å². The van der Waals surface area contributed by atoms with Crippen molar-refractivity contribution in [2.24, 2.45) is 5.16 Å². The van der Waals surface area contributed by atoms with E-state index in [0.29, 0.717) is 6.42 Å². The molecule has 0 aliphatic carbocycles. The molecule has 17 heavy (non-hydrogen) atoms. The van der Waals surface area contributed by atoms with Gasteiger partial charge >= 0.3 is 107 Å². The Balaban J connectivity index is 2.14. The van der Waals surface area contributed by atoms with Crippen molar-refractivity contribution in [1.82, 2.24) is 0 Å². The predicted octanol–water partition coefficient (Wildman–Crippen LogP) is 1.72. The second-order valence-corrected chi connectivity index (χ2v) is 20.0. The summed E-state index contributed by atoms with van der Waals surface area (Å²) in [5.41, 5.74) is 2.06. The Morgan fingerprint density at radius 2 is 1.94 bits per heavy atom. The first-order valence-corrected chi connectivity index (χ1v) is 15.9. The molecule has 1 N–H and O–H groups in total. The summed E-state index contributed by atoms with van der Waals surface area (Å²) in [6, 6.07) is 8.69. The first kappa shape index (κ1) is 12.9. The zero-order chi connectivity index (χ0) is 12.5. The molecule has 4 heteroatoms. The van der Waals surface area contributed by atoms with Crippen molar-refractivity contribution in [2.75, 3.05) is 6.61 Å². The average molecular weight is 340 g/mol. The Labute approximate surface area is 106 Å². The Morgan fingerprint density at radius 3 is 2.41 bits per heavy atom. The van der Waals surface area contributed by atoms with Gasteiger partial charge in [0.2, 0.25) is 0 Å². The van der Waals surface area contributed by atoms with Gasteiger partial charge in [0.05, 0.1) is 0 Å². The Kier molecular flexibility index (Phi) is 3.78. The van der Waals surface area contributed by atoms with Crippen LogP contribution < -0.4 is 3.58 Å². The number of oxime groups is 1. The van der Waals surface area contributed by atoms with Crippen LogP contribution >= 0.6 is 0 Å². The molecule has 0 saturated carbocycles. The maximum absolute atomic E-state index is 8.99. The Bertz CT molecular complexity index is 420. The second kappa shape index (κ2) is 4.98. The van der Waals surface area contributed by atoms with Crippen LogP contribution in [0.25, 0.3) is 0 Å². The fraction of sp³-hybridized carbons (Fsp3) is 0.462. The fourth-order valence-electron chi connectivity index (χ4n) is 1.86. The molecule has 92 valence electrons. The number of benzene rings is 1. The summed E-state index contributed by atoms with van der Waals surface area (Å²) in [7, 11) is 0. The summed E-state index contributed by atoms with van der Waals surface area (Å²) in [4.78, 5) is 12.3. The molecule has 0 fully saturated rings. The van der Waals surface area contributed by atoms with E-state index in [1.54, 1.807) is 0 Å². The first-order chi connectivity index (χ1) is 8.00. The van der Waals surface area contributed by atoms with Gasteiger partial charge in [0.15, 0.2) is 0 Å². The van der Waals surface area contributed by atoms with Crippen LogP contribution in [0.4, 0.5) is 0 Å². The topological polar surface area (TPSA) is 41.8 Å². The van der Waals surface area contributed by atoms with E-state index in [9.17, 15) is 0 Å². The Morgan fingerprint density at radius 1 is 1.29 bits per heavy atom. The molecule has 2 rings (SSSR count). The van der Waals surface area contributed by atoms with Crippen LogP contribution in [0.3, 0.4) is 0 Å². The molecule has 3 nitrogen and oxygen atoms in total. The third kappa shape index (κ3) is 3.01.